The Morgan fingerprint density at radius 2 is 1.88 bits per heavy atom. The summed E-state index contributed by atoms with van der Waals surface area (Å²) in [6, 6.07) is 15.1. The van der Waals surface area contributed by atoms with Crippen molar-refractivity contribution in [1.82, 2.24) is 19.3 Å². The van der Waals surface area contributed by atoms with Crippen LogP contribution < -0.4 is 10.9 Å². The van der Waals surface area contributed by atoms with Gasteiger partial charge in [-0.2, -0.15) is 5.10 Å². The van der Waals surface area contributed by atoms with E-state index in [0.717, 1.165) is 31.4 Å². The summed E-state index contributed by atoms with van der Waals surface area (Å²) in [4.78, 5) is 30.9. The molecule has 0 spiro atoms. The minimum atomic E-state index is -0.342. The summed E-state index contributed by atoms with van der Waals surface area (Å²) in [5.74, 6) is -0.000625. The van der Waals surface area contributed by atoms with Gasteiger partial charge >= 0.3 is 0 Å². The van der Waals surface area contributed by atoms with Crippen molar-refractivity contribution >= 4 is 34.4 Å². The van der Waals surface area contributed by atoms with Gasteiger partial charge in [0.25, 0.3) is 5.56 Å². The molecule has 1 aliphatic carbocycles. The Hall–Kier alpha value is -3.46. The summed E-state index contributed by atoms with van der Waals surface area (Å²) < 4.78 is 16.7. The summed E-state index contributed by atoms with van der Waals surface area (Å²) in [7, 11) is 0. The van der Waals surface area contributed by atoms with E-state index < -0.39 is 0 Å². The molecular weight excluding hydrogens is 453 g/mol. The Bertz CT molecular complexity index is 1410. The second kappa shape index (κ2) is 9.42. The normalized spacial score (nSPS) is 14.1. The molecule has 1 amide bonds. The lowest BCUT2D eigenvalue weighted by molar-refractivity contribution is -0.113. The minimum absolute atomic E-state index is 0.0505. The van der Waals surface area contributed by atoms with Crippen LogP contribution in [0, 0.1) is 12.7 Å². The van der Waals surface area contributed by atoms with Gasteiger partial charge in [0, 0.05) is 12.1 Å². The van der Waals surface area contributed by atoms with Crippen LogP contribution in [0.4, 0.5) is 10.2 Å². The average Bonchev–Trinajstić information content (AvgIpc) is 3.48. The highest BCUT2D eigenvalue weighted by Crippen LogP contribution is 2.32. The second-order valence-corrected chi connectivity index (χ2v) is 9.36. The molecule has 34 heavy (non-hydrogen) atoms. The summed E-state index contributed by atoms with van der Waals surface area (Å²) in [6.45, 7) is 1.82. The van der Waals surface area contributed by atoms with E-state index in [9.17, 15) is 14.0 Å². The molecule has 0 atom stereocenters. The van der Waals surface area contributed by atoms with Gasteiger partial charge in [-0.3, -0.25) is 14.2 Å². The van der Waals surface area contributed by atoms with Gasteiger partial charge in [-0.25, -0.2) is 14.1 Å². The van der Waals surface area contributed by atoms with E-state index in [4.69, 9.17) is 4.98 Å². The van der Waals surface area contributed by atoms with Gasteiger partial charge < -0.3 is 5.32 Å². The monoisotopic (exact) mass is 477 g/mol. The molecule has 0 unspecified atom stereocenters. The summed E-state index contributed by atoms with van der Waals surface area (Å²) in [5.41, 5.74) is 1.95. The third-order valence-electron chi connectivity index (χ3n) is 5.97. The van der Waals surface area contributed by atoms with Crippen molar-refractivity contribution in [2.24, 2.45) is 0 Å². The molecule has 0 saturated heterocycles. The first kappa shape index (κ1) is 22.3. The van der Waals surface area contributed by atoms with Crippen LogP contribution in [-0.2, 0) is 4.79 Å². The van der Waals surface area contributed by atoms with Crippen LogP contribution in [0.2, 0.25) is 0 Å². The van der Waals surface area contributed by atoms with Gasteiger partial charge in [-0.1, -0.05) is 36.7 Å². The number of aromatic nitrogens is 4. The average molecular weight is 478 g/mol. The molecule has 7 nitrogen and oxygen atoms in total. The van der Waals surface area contributed by atoms with Crippen LogP contribution in [0.3, 0.4) is 0 Å². The Morgan fingerprint density at radius 3 is 2.65 bits per heavy atom. The van der Waals surface area contributed by atoms with Crippen molar-refractivity contribution < 1.29 is 9.18 Å². The third-order valence-corrected chi connectivity index (χ3v) is 6.92. The number of carbonyl (C=O) groups excluding carboxylic acids is 1. The van der Waals surface area contributed by atoms with Crippen LogP contribution in [-0.4, -0.2) is 31.0 Å². The van der Waals surface area contributed by atoms with Gasteiger partial charge in [-0.05, 0) is 56.2 Å². The molecule has 2 heterocycles. The minimum Gasteiger partial charge on any atom is -0.310 e. The van der Waals surface area contributed by atoms with Crippen molar-refractivity contribution in [3.8, 4) is 5.69 Å². The molecule has 0 aliphatic heterocycles. The quantitative estimate of drug-likeness (QED) is 0.316. The van der Waals surface area contributed by atoms with Crippen LogP contribution in [0.1, 0.15) is 37.4 Å². The smallest absolute Gasteiger partial charge is 0.262 e. The van der Waals surface area contributed by atoms with Gasteiger partial charge in [0.05, 0.1) is 28.0 Å². The molecule has 1 aliphatic rings. The van der Waals surface area contributed by atoms with Crippen molar-refractivity contribution in [3.63, 3.8) is 0 Å². The van der Waals surface area contributed by atoms with E-state index in [0.29, 0.717) is 27.6 Å². The fourth-order valence-corrected chi connectivity index (χ4v) is 5.25. The van der Waals surface area contributed by atoms with Crippen molar-refractivity contribution in [2.45, 2.75) is 43.8 Å². The van der Waals surface area contributed by atoms with E-state index in [1.807, 2.05) is 25.1 Å². The van der Waals surface area contributed by atoms with Gasteiger partial charge in [0.15, 0.2) is 5.16 Å². The molecule has 2 aromatic heterocycles. The number of anilines is 1. The number of hydrogen-bond donors (Lipinski definition) is 1. The second-order valence-electron chi connectivity index (χ2n) is 8.42. The van der Waals surface area contributed by atoms with Crippen molar-refractivity contribution in [2.75, 3.05) is 11.1 Å². The van der Waals surface area contributed by atoms with Crippen LogP contribution in [0.5, 0.6) is 0 Å². The zero-order chi connectivity index (χ0) is 23.7. The van der Waals surface area contributed by atoms with Crippen LogP contribution in [0.25, 0.3) is 16.6 Å². The predicted octanol–water partition coefficient (Wildman–Crippen LogP) is 4.88. The standard InChI is InChI=1S/C25H24FN5O2S/c1-16-14-22(31(29-16)19-12-10-17(26)11-13-19)28-23(32)15-34-25-27-21-9-5-4-8-20(21)24(33)30(25)18-6-2-3-7-18/h4-5,8-14,18H,2-3,6-7,15H2,1H3,(H,28,32). The number of fused-ring (bicyclic) bond motifs is 1. The Kier molecular flexibility index (Phi) is 6.19. The van der Waals surface area contributed by atoms with E-state index in [-0.39, 0.29) is 29.1 Å². The Morgan fingerprint density at radius 1 is 1.15 bits per heavy atom. The van der Waals surface area contributed by atoms with Crippen LogP contribution in [0.15, 0.2) is 64.5 Å². The molecule has 2 aromatic carbocycles. The molecule has 9 heteroatoms. The topological polar surface area (TPSA) is 81.8 Å². The number of thioether (sulfide) groups is 1. The van der Waals surface area contributed by atoms with E-state index in [2.05, 4.69) is 10.4 Å². The SMILES string of the molecule is Cc1cc(NC(=O)CSc2nc3ccccc3c(=O)n2C2CCCC2)n(-c2ccc(F)cc2)n1. The third kappa shape index (κ3) is 4.48. The maximum absolute atomic E-state index is 13.3. The number of amides is 1. The summed E-state index contributed by atoms with van der Waals surface area (Å²) in [6.07, 6.45) is 4.05. The molecule has 5 rings (SSSR count). The number of halogens is 1. The van der Waals surface area contributed by atoms with Gasteiger partial charge in [0.1, 0.15) is 11.6 Å². The van der Waals surface area contributed by atoms with Crippen molar-refractivity contribution in [1.29, 1.82) is 0 Å². The van der Waals surface area contributed by atoms with E-state index in [1.54, 1.807) is 33.5 Å². The Labute approximate surface area is 200 Å². The molecule has 4 aromatic rings. The number of para-hydroxylation sites is 1. The summed E-state index contributed by atoms with van der Waals surface area (Å²) >= 11 is 1.26. The molecule has 1 N–H and O–H groups in total. The molecular formula is C25H24FN5O2S. The number of hydrogen-bond acceptors (Lipinski definition) is 5. The first-order valence-electron chi connectivity index (χ1n) is 11.3. The number of nitrogens with one attached hydrogen (secondary N) is 1. The maximum Gasteiger partial charge on any atom is 0.262 e. The largest absolute Gasteiger partial charge is 0.310 e. The zero-order valence-electron chi connectivity index (χ0n) is 18.7. The molecule has 1 saturated carbocycles. The lowest BCUT2D eigenvalue weighted by atomic mass is 10.2. The highest BCUT2D eigenvalue weighted by atomic mass is 32.2. The number of rotatable bonds is 6. The Balaban J connectivity index is 1.38. The zero-order valence-corrected chi connectivity index (χ0v) is 19.5. The first-order valence-corrected chi connectivity index (χ1v) is 12.2. The molecule has 0 radical (unpaired) electrons. The number of benzene rings is 2. The molecule has 174 valence electrons. The fraction of sp³-hybridized carbons (Fsp3) is 0.280. The lowest BCUT2D eigenvalue weighted by Crippen LogP contribution is -2.27. The highest BCUT2D eigenvalue weighted by molar-refractivity contribution is 7.99. The van der Waals surface area contributed by atoms with Gasteiger partial charge in [0.2, 0.25) is 5.91 Å². The van der Waals surface area contributed by atoms with Crippen LogP contribution >= 0.6 is 11.8 Å². The predicted molar refractivity (Wildman–Crippen MR) is 131 cm³/mol. The first-order chi connectivity index (χ1) is 16.5. The van der Waals surface area contributed by atoms with E-state index >= 15 is 0 Å². The lowest BCUT2D eigenvalue weighted by Gasteiger charge is -2.18. The number of carbonyl (C=O) groups is 1. The van der Waals surface area contributed by atoms with E-state index in [1.165, 1.54) is 23.9 Å². The molecule has 0 bridgehead atoms. The maximum atomic E-state index is 13.3. The van der Waals surface area contributed by atoms with Crippen molar-refractivity contribution in [3.05, 3.63) is 76.5 Å². The fourth-order valence-electron chi connectivity index (χ4n) is 4.39. The highest BCUT2D eigenvalue weighted by Gasteiger charge is 2.23. The summed E-state index contributed by atoms with van der Waals surface area (Å²) in [5, 5.41) is 8.46. The molecule has 1 fully saturated rings. The number of aryl methyl sites for hydroxylation is 1. The van der Waals surface area contributed by atoms with Gasteiger partial charge in [-0.15, -0.1) is 0 Å². The number of nitrogens with zero attached hydrogens (tertiary/aromatic N) is 4.